The maximum Gasteiger partial charge on any atom is 0.00451 e. The van der Waals surface area contributed by atoms with Crippen LogP contribution in [0.25, 0.3) is 0 Å². The van der Waals surface area contributed by atoms with Crippen molar-refractivity contribution in [3.63, 3.8) is 0 Å². The molecule has 0 aromatic rings. The molecule has 0 aromatic carbocycles. The van der Waals surface area contributed by atoms with Crippen molar-refractivity contribution in [1.82, 2.24) is 0 Å². The lowest BCUT2D eigenvalue weighted by molar-refractivity contribution is 0.246. The lowest BCUT2D eigenvalue weighted by atomic mass is 9.77. The maximum atomic E-state index is 4.62. The van der Waals surface area contributed by atoms with E-state index in [1.807, 2.05) is 0 Å². The van der Waals surface area contributed by atoms with Gasteiger partial charge in [-0.2, -0.15) is 25.3 Å². The minimum absolute atomic E-state index is 0.631. The standard InChI is InChI=1S/C10H20S2/c1-7-3-4-9(5-10(7)12)8(2)6-11/h7-12H,3-6H2,1-2H3/t7-,8-,9+,10-/m0/s1. The normalized spacial score (nSPS) is 39.5. The van der Waals surface area contributed by atoms with Gasteiger partial charge in [-0.25, -0.2) is 0 Å². The third-order valence-corrected chi connectivity index (χ3v) is 4.58. The molecule has 0 N–H and O–H groups in total. The van der Waals surface area contributed by atoms with Crippen LogP contribution in [0.3, 0.4) is 0 Å². The summed E-state index contributed by atoms with van der Waals surface area (Å²) in [5.74, 6) is 3.49. The molecule has 0 amide bonds. The first-order valence-electron chi connectivity index (χ1n) is 4.94. The van der Waals surface area contributed by atoms with Crippen molar-refractivity contribution in [2.24, 2.45) is 17.8 Å². The van der Waals surface area contributed by atoms with E-state index in [4.69, 9.17) is 0 Å². The Morgan fingerprint density at radius 1 is 1.42 bits per heavy atom. The Hall–Kier alpha value is 0.700. The molecule has 1 aliphatic carbocycles. The van der Waals surface area contributed by atoms with Gasteiger partial charge in [-0.3, -0.25) is 0 Å². The molecule has 0 spiro atoms. The molecule has 12 heavy (non-hydrogen) atoms. The Kier molecular flexibility index (Phi) is 4.31. The van der Waals surface area contributed by atoms with Gasteiger partial charge in [-0.15, -0.1) is 0 Å². The highest BCUT2D eigenvalue weighted by molar-refractivity contribution is 7.81. The van der Waals surface area contributed by atoms with Crippen LogP contribution < -0.4 is 0 Å². The van der Waals surface area contributed by atoms with Crippen molar-refractivity contribution in [3.8, 4) is 0 Å². The quantitative estimate of drug-likeness (QED) is 0.634. The highest BCUT2D eigenvalue weighted by atomic mass is 32.1. The fourth-order valence-electron chi connectivity index (χ4n) is 2.00. The lowest BCUT2D eigenvalue weighted by Crippen LogP contribution is -2.27. The summed E-state index contributed by atoms with van der Waals surface area (Å²) in [7, 11) is 0. The van der Waals surface area contributed by atoms with E-state index in [2.05, 4.69) is 39.1 Å². The van der Waals surface area contributed by atoms with Crippen LogP contribution in [0.5, 0.6) is 0 Å². The molecule has 72 valence electrons. The monoisotopic (exact) mass is 204 g/mol. The Labute approximate surface area is 87.3 Å². The zero-order chi connectivity index (χ0) is 9.14. The van der Waals surface area contributed by atoms with Crippen LogP contribution >= 0.6 is 25.3 Å². The van der Waals surface area contributed by atoms with Crippen LogP contribution in [0.15, 0.2) is 0 Å². The summed E-state index contributed by atoms with van der Waals surface area (Å²) >= 11 is 8.98. The Morgan fingerprint density at radius 3 is 2.58 bits per heavy atom. The van der Waals surface area contributed by atoms with Gasteiger partial charge in [-0.1, -0.05) is 13.8 Å². The molecule has 0 bridgehead atoms. The molecule has 1 saturated carbocycles. The van der Waals surface area contributed by atoms with Gasteiger partial charge in [0, 0.05) is 5.25 Å². The van der Waals surface area contributed by atoms with E-state index in [9.17, 15) is 0 Å². The van der Waals surface area contributed by atoms with E-state index >= 15 is 0 Å². The highest BCUT2D eigenvalue weighted by Gasteiger charge is 2.27. The fourth-order valence-corrected chi connectivity index (χ4v) is 2.71. The first-order valence-corrected chi connectivity index (χ1v) is 6.09. The van der Waals surface area contributed by atoms with Crippen molar-refractivity contribution in [1.29, 1.82) is 0 Å². The average Bonchev–Trinajstić information content (AvgIpc) is 2.08. The van der Waals surface area contributed by atoms with Gasteiger partial charge in [0.1, 0.15) is 0 Å². The van der Waals surface area contributed by atoms with Crippen LogP contribution in [-0.2, 0) is 0 Å². The third-order valence-electron chi connectivity index (χ3n) is 3.29. The van der Waals surface area contributed by atoms with Gasteiger partial charge in [0.05, 0.1) is 0 Å². The predicted molar refractivity (Wildman–Crippen MR) is 62.3 cm³/mol. The fraction of sp³-hybridized carbons (Fsp3) is 1.00. The Morgan fingerprint density at radius 2 is 2.08 bits per heavy atom. The topological polar surface area (TPSA) is 0 Å². The van der Waals surface area contributed by atoms with Crippen LogP contribution in [0.1, 0.15) is 33.1 Å². The summed E-state index contributed by atoms with van der Waals surface area (Å²) in [4.78, 5) is 0. The highest BCUT2D eigenvalue weighted by Crippen LogP contribution is 2.36. The first kappa shape index (κ1) is 10.8. The van der Waals surface area contributed by atoms with Gasteiger partial charge < -0.3 is 0 Å². The van der Waals surface area contributed by atoms with Crippen molar-refractivity contribution in [3.05, 3.63) is 0 Å². The van der Waals surface area contributed by atoms with E-state index in [0.29, 0.717) is 5.25 Å². The second-order valence-corrected chi connectivity index (χ2v) is 5.31. The Balaban J connectivity index is 2.39. The van der Waals surface area contributed by atoms with Crippen molar-refractivity contribution in [2.75, 3.05) is 5.75 Å². The molecular formula is C10H20S2. The van der Waals surface area contributed by atoms with Gasteiger partial charge in [0.2, 0.25) is 0 Å². The first-order chi connectivity index (χ1) is 5.65. The van der Waals surface area contributed by atoms with Crippen LogP contribution in [-0.4, -0.2) is 11.0 Å². The smallest absolute Gasteiger partial charge is 0.00451 e. The molecule has 2 heteroatoms. The van der Waals surface area contributed by atoms with E-state index in [1.165, 1.54) is 19.3 Å². The molecule has 0 nitrogen and oxygen atoms in total. The predicted octanol–water partition coefficient (Wildman–Crippen LogP) is 3.29. The van der Waals surface area contributed by atoms with E-state index in [0.717, 1.165) is 23.5 Å². The second-order valence-electron chi connectivity index (χ2n) is 4.28. The number of rotatable bonds is 2. The summed E-state index contributed by atoms with van der Waals surface area (Å²) in [6.45, 7) is 4.63. The van der Waals surface area contributed by atoms with Crippen molar-refractivity contribution in [2.45, 2.75) is 38.4 Å². The molecule has 1 rings (SSSR count). The molecule has 0 unspecified atom stereocenters. The zero-order valence-corrected chi connectivity index (χ0v) is 9.82. The summed E-state index contributed by atoms with van der Waals surface area (Å²) in [6, 6.07) is 0. The van der Waals surface area contributed by atoms with Gasteiger partial charge >= 0.3 is 0 Å². The lowest BCUT2D eigenvalue weighted by Gasteiger charge is -2.34. The third kappa shape index (κ3) is 2.59. The minimum Gasteiger partial charge on any atom is -0.179 e. The molecule has 0 radical (unpaired) electrons. The number of thiol groups is 2. The minimum atomic E-state index is 0.631. The number of hydrogen-bond acceptors (Lipinski definition) is 2. The van der Waals surface area contributed by atoms with Gasteiger partial charge in [-0.05, 0) is 42.8 Å². The molecule has 0 aromatic heterocycles. The molecule has 0 aliphatic heterocycles. The van der Waals surface area contributed by atoms with Crippen LogP contribution in [0, 0.1) is 17.8 Å². The summed E-state index contributed by atoms with van der Waals surface area (Å²) < 4.78 is 0. The van der Waals surface area contributed by atoms with Crippen molar-refractivity contribution < 1.29 is 0 Å². The molecular weight excluding hydrogens is 184 g/mol. The van der Waals surface area contributed by atoms with E-state index in [1.54, 1.807) is 0 Å². The molecule has 0 heterocycles. The molecule has 1 aliphatic rings. The Bertz CT molecular complexity index is 136. The van der Waals surface area contributed by atoms with Crippen molar-refractivity contribution >= 4 is 25.3 Å². The SMILES string of the molecule is C[C@@H](CS)[C@@H]1CC[C@H](C)[C@@H](S)C1. The van der Waals surface area contributed by atoms with Crippen LogP contribution in [0.2, 0.25) is 0 Å². The van der Waals surface area contributed by atoms with E-state index < -0.39 is 0 Å². The second kappa shape index (κ2) is 4.80. The summed E-state index contributed by atoms with van der Waals surface area (Å²) in [5, 5.41) is 0.631. The van der Waals surface area contributed by atoms with Crippen LogP contribution in [0.4, 0.5) is 0 Å². The zero-order valence-electron chi connectivity index (χ0n) is 8.03. The maximum absolute atomic E-state index is 4.62. The molecule has 4 atom stereocenters. The average molecular weight is 204 g/mol. The molecule has 1 fully saturated rings. The van der Waals surface area contributed by atoms with Gasteiger partial charge in [0.15, 0.2) is 0 Å². The number of hydrogen-bond donors (Lipinski definition) is 2. The summed E-state index contributed by atoms with van der Waals surface area (Å²) in [5.41, 5.74) is 0. The van der Waals surface area contributed by atoms with E-state index in [-0.39, 0.29) is 0 Å². The largest absolute Gasteiger partial charge is 0.179 e. The summed E-state index contributed by atoms with van der Waals surface area (Å²) in [6.07, 6.45) is 4.04. The van der Waals surface area contributed by atoms with Gasteiger partial charge in [0.25, 0.3) is 0 Å². The molecule has 0 saturated heterocycles.